The first-order valence-corrected chi connectivity index (χ1v) is 5.06. The molecule has 0 amide bonds. The lowest BCUT2D eigenvalue weighted by Crippen LogP contribution is -2.10. The maximum absolute atomic E-state index is 9.45. The van der Waals surface area contributed by atoms with E-state index in [2.05, 4.69) is 21.0 Å². The number of aromatic nitrogens is 2. The molecule has 0 bridgehead atoms. The summed E-state index contributed by atoms with van der Waals surface area (Å²) in [4.78, 5) is 0. The van der Waals surface area contributed by atoms with Crippen LogP contribution in [0.5, 0.6) is 5.75 Å². The van der Waals surface area contributed by atoms with Gasteiger partial charge in [0.25, 0.3) is 0 Å². The number of fused-ring (bicyclic) bond motifs is 1. The molecule has 0 unspecified atom stereocenters. The van der Waals surface area contributed by atoms with Crippen LogP contribution in [-0.4, -0.2) is 21.4 Å². The fraction of sp³-hybridized carbons (Fsp3) is 0.222. The molecule has 0 atom stereocenters. The average molecular weight is 256 g/mol. The Morgan fingerprint density at radius 1 is 1.50 bits per heavy atom. The standard InChI is InChI=1S/C9H10BrN3O/c10-9-6-5-12-13(4-3-11)7(6)1-2-8(9)14/h1-2,5,14H,3-4,11H2. The lowest BCUT2D eigenvalue weighted by atomic mass is 10.2. The largest absolute Gasteiger partial charge is 0.507 e. The third kappa shape index (κ3) is 1.38. The van der Waals surface area contributed by atoms with Gasteiger partial charge in [-0.1, -0.05) is 0 Å². The Morgan fingerprint density at radius 2 is 2.29 bits per heavy atom. The zero-order chi connectivity index (χ0) is 10.1. The number of halogens is 1. The summed E-state index contributed by atoms with van der Waals surface area (Å²) < 4.78 is 2.50. The minimum absolute atomic E-state index is 0.227. The van der Waals surface area contributed by atoms with Crippen molar-refractivity contribution in [2.24, 2.45) is 5.73 Å². The monoisotopic (exact) mass is 255 g/mol. The van der Waals surface area contributed by atoms with Gasteiger partial charge in [-0.15, -0.1) is 0 Å². The zero-order valence-corrected chi connectivity index (χ0v) is 9.03. The normalized spacial score (nSPS) is 11.0. The zero-order valence-electron chi connectivity index (χ0n) is 7.44. The number of hydrogen-bond donors (Lipinski definition) is 2. The van der Waals surface area contributed by atoms with Crippen molar-refractivity contribution >= 4 is 26.8 Å². The van der Waals surface area contributed by atoms with Gasteiger partial charge in [-0.2, -0.15) is 5.10 Å². The number of hydrogen-bond acceptors (Lipinski definition) is 3. The Hall–Kier alpha value is -1.07. The molecule has 1 heterocycles. The van der Waals surface area contributed by atoms with Crippen LogP contribution in [0.25, 0.3) is 10.9 Å². The first kappa shape index (κ1) is 9.48. The summed E-state index contributed by atoms with van der Waals surface area (Å²) in [7, 11) is 0. The molecule has 0 saturated carbocycles. The molecule has 5 heteroatoms. The van der Waals surface area contributed by atoms with E-state index in [1.54, 1.807) is 12.3 Å². The number of benzene rings is 1. The summed E-state index contributed by atoms with van der Waals surface area (Å²) in [6.07, 6.45) is 1.72. The molecule has 1 aromatic carbocycles. The Balaban J connectivity index is 2.64. The van der Waals surface area contributed by atoms with E-state index in [-0.39, 0.29) is 5.75 Å². The maximum Gasteiger partial charge on any atom is 0.130 e. The maximum atomic E-state index is 9.45. The third-order valence-electron chi connectivity index (χ3n) is 2.08. The van der Waals surface area contributed by atoms with E-state index in [0.717, 1.165) is 10.9 Å². The second kappa shape index (κ2) is 3.59. The van der Waals surface area contributed by atoms with E-state index in [9.17, 15) is 5.11 Å². The third-order valence-corrected chi connectivity index (χ3v) is 2.91. The van der Waals surface area contributed by atoms with Crippen LogP contribution in [0.1, 0.15) is 0 Å². The van der Waals surface area contributed by atoms with E-state index in [4.69, 9.17) is 5.73 Å². The van der Waals surface area contributed by atoms with Gasteiger partial charge in [-0.25, -0.2) is 0 Å². The second-order valence-electron chi connectivity index (χ2n) is 2.99. The van der Waals surface area contributed by atoms with Crippen molar-refractivity contribution in [3.63, 3.8) is 0 Å². The fourth-order valence-corrected chi connectivity index (χ4v) is 1.85. The van der Waals surface area contributed by atoms with Gasteiger partial charge in [0.15, 0.2) is 0 Å². The number of phenols is 1. The van der Waals surface area contributed by atoms with Crippen molar-refractivity contribution in [3.8, 4) is 5.75 Å². The molecule has 0 fully saturated rings. The minimum atomic E-state index is 0.227. The van der Waals surface area contributed by atoms with Gasteiger partial charge in [-0.3, -0.25) is 4.68 Å². The van der Waals surface area contributed by atoms with Gasteiger partial charge in [0.2, 0.25) is 0 Å². The van der Waals surface area contributed by atoms with Crippen LogP contribution in [0.4, 0.5) is 0 Å². The SMILES string of the molecule is NCCn1ncc2c(Br)c(O)ccc21. The summed E-state index contributed by atoms with van der Waals surface area (Å²) in [5.74, 6) is 0.227. The van der Waals surface area contributed by atoms with Crippen LogP contribution in [-0.2, 0) is 6.54 Å². The number of aromatic hydroxyl groups is 1. The van der Waals surface area contributed by atoms with Crippen molar-refractivity contribution in [1.82, 2.24) is 9.78 Å². The quantitative estimate of drug-likeness (QED) is 0.855. The molecule has 3 N–H and O–H groups in total. The van der Waals surface area contributed by atoms with Gasteiger partial charge in [0.1, 0.15) is 5.75 Å². The van der Waals surface area contributed by atoms with Crippen molar-refractivity contribution in [2.45, 2.75) is 6.54 Å². The summed E-state index contributed by atoms with van der Waals surface area (Å²) >= 11 is 3.31. The van der Waals surface area contributed by atoms with Crippen molar-refractivity contribution < 1.29 is 5.11 Å². The summed E-state index contributed by atoms with van der Waals surface area (Å²) in [5.41, 5.74) is 6.43. The fourth-order valence-electron chi connectivity index (χ4n) is 1.41. The van der Waals surface area contributed by atoms with E-state index >= 15 is 0 Å². The summed E-state index contributed by atoms with van der Waals surface area (Å²) in [5, 5.41) is 14.5. The molecule has 0 spiro atoms. The van der Waals surface area contributed by atoms with Gasteiger partial charge in [0, 0.05) is 11.9 Å². The molecule has 2 rings (SSSR count). The molecule has 0 radical (unpaired) electrons. The second-order valence-corrected chi connectivity index (χ2v) is 3.78. The van der Waals surface area contributed by atoms with Gasteiger partial charge in [-0.05, 0) is 28.1 Å². The van der Waals surface area contributed by atoms with Crippen molar-refractivity contribution in [2.75, 3.05) is 6.54 Å². The molecule has 2 aromatic rings. The average Bonchev–Trinajstić information content (AvgIpc) is 2.57. The van der Waals surface area contributed by atoms with Crippen LogP contribution in [0.15, 0.2) is 22.8 Å². The van der Waals surface area contributed by atoms with Crippen LogP contribution in [0.3, 0.4) is 0 Å². The van der Waals surface area contributed by atoms with E-state index in [1.807, 2.05) is 10.7 Å². The first-order valence-electron chi connectivity index (χ1n) is 4.27. The summed E-state index contributed by atoms with van der Waals surface area (Å²) in [6, 6.07) is 3.47. The van der Waals surface area contributed by atoms with Gasteiger partial charge in [0.05, 0.1) is 22.7 Å². The first-order chi connectivity index (χ1) is 6.74. The van der Waals surface area contributed by atoms with Gasteiger partial charge >= 0.3 is 0 Å². The Kier molecular flexibility index (Phi) is 2.43. The molecule has 74 valence electrons. The van der Waals surface area contributed by atoms with Gasteiger partial charge < -0.3 is 10.8 Å². The number of nitrogens with zero attached hydrogens (tertiary/aromatic N) is 2. The Labute approximate surface area is 89.5 Å². The van der Waals surface area contributed by atoms with E-state index in [1.165, 1.54) is 0 Å². The number of rotatable bonds is 2. The van der Waals surface area contributed by atoms with Crippen molar-refractivity contribution in [1.29, 1.82) is 0 Å². The smallest absolute Gasteiger partial charge is 0.130 e. The summed E-state index contributed by atoms with van der Waals surface area (Å²) in [6.45, 7) is 1.23. The molecule has 0 aliphatic heterocycles. The topological polar surface area (TPSA) is 64.1 Å². The number of phenolic OH excluding ortho intramolecular Hbond substituents is 1. The molecule has 0 saturated heterocycles. The van der Waals surface area contributed by atoms with E-state index in [0.29, 0.717) is 17.6 Å². The lowest BCUT2D eigenvalue weighted by molar-refractivity contribution is 0.473. The molecule has 4 nitrogen and oxygen atoms in total. The highest BCUT2D eigenvalue weighted by molar-refractivity contribution is 9.10. The lowest BCUT2D eigenvalue weighted by Gasteiger charge is -2.02. The predicted octanol–water partition coefficient (Wildman–Crippen LogP) is 1.46. The highest BCUT2D eigenvalue weighted by Gasteiger charge is 2.08. The molecule has 0 aliphatic rings. The Morgan fingerprint density at radius 3 is 3.00 bits per heavy atom. The predicted molar refractivity (Wildman–Crippen MR) is 58.2 cm³/mol. The molecule has 0 aliphatic carbocycles. The van der Waals surface area contributed by atoms with Crippen LogP contribution < -0.4 is 5.73 Å². The highest BCUT2D eigenvalue weighted by Crippen LogP contribution is 2.31. The highest BCUT2D eigenvalue weighted by atomic mass is 79.9. The van der Waals surface area contributed by atoms with Crippen molar-refractivity contribution in [3.05, 3.63) is 22.8 Å². The van der Waals surface area contributed by atoms with Crippen LogP contribution in [0.2, 0.25) is 0 Å². The minimum Gasteiger partial charge on any atom is -0.507 e. The van der Waals surface area contributed by atoms with E-state index < -0.39 is 0 Å². The Bertz CT molecular complexity index is 466. The molecular formula is C9H10BrN3O. The van der Waals surface area contributed by atoms with Crippen LogP contribution in [0, 0.1) is 0 Å². The van der Waals surface area contributed by atoms with Crippen LogP contribution >= 0.6 is 15.9 Å². The molecular weight excluding hydrogens is 246 g/mol. The molecule has 14 heavy (non-hydrogen) atoms. The molecule has 1 aromatic heterocycles. The number of nitrogens with two attached hydrogens (primary N) is 1.